The SMILES string of the molecule is CC(OC(=O)CCCNC(=O)c1ccc(Cl)cc1)c1nc(-c2cccnc2)no1. The van der Waals surface area contributed by atoms with Crippen LogP contribution in [0.25, 0.3) is 11.4 Å². The Morgan fingerprint density at radius 1 is 1.24 bits per heavy atom. The van der Waals surface area contributed by atoms with Crippen LogP contribution in [0, 0.1) is 0 Å². The maximum Gasteiger partial charge on any atom is 0.306 e. The molecule has 1 N–H and O–H groups in total. The van der Waals surface area contributed by atoms with Crippen LogP contribution >= 0.6 is 11.6 Å². The first-order valence-corrected chi connectivity index (χ1v) is 9.38. The maximum absolute atomic E-state index is 12.0. The van der Waals surface area contributed by atoms with Gasteiger partial charge in [-0.1, -0.05) is 16.8 Å². The fourth-order valence-electron chi connectivity index (χ4n) is 2.46. The second-order valence-electron chi connectivity index (χ2n) is 6.20. The van der Waals surface area contributed by atoms with Gasteiger partial charge in [0.2, 0.25) is 5.82 Å². The molecule has 0 saturated heterocycles. The predicted molar refractivity (Wildman–Crippen MR) is 105 cm³/mol. The molecule has 29 heavy (non-hydrogen) atoms. The second kappa shape index (κ2) is 9.79. The summed E-state index contributed by atoms with van der Waals surface area (Å²) in [6.07, 6.45) is 3.17. The highest BCUT2D eigenvalue weighted by molar-refractivity contribution is 6.30. The third-order valence-corrected chi connectivity index (χ3v) is 4.22. The van der Waals surface area contributed by atoms with Crippen molar-refractivity contribution in [1.29, 1.82) is 0 Å². The largest absolute Gasteiger partial charge is 0.453 e. The first-order chi connectivity index (χ1) is 14.0. The van der Waals surface area contributed by atoms with Gasteiger partial charge in [0.15, 0.2) is 6.10 Å². The number of carbonyl (C=O) groups excluding carboxylic acids is 2. The van der Waals surface area contributed by atoms with Gasteiger partial charge in [-0.05, 0) is 49.7 Å². The molecule has 1 amide bonds. The van der Waals surface area contributed by atoms with Crippen LogP contribution in [-0.2, 0) is 9.53 Å². The van der Waals surface area contributed by atoms with E-state index in [9.17, 15) is 9.59 Å². The highest BCUT2D eigenvalue weighted by atomic mass is 35.5. The van der Waals surface area contributed by atoms with Crippen LogP contribution in [0.4, 0.5) is 0 Å². The molecule has 2 aromatic heterocycles. The third kappa shape index (κ3) is 5.86. The number of nitrogens with one attached hydrogen (secondary N) is 1. The number of halogens is 1. The number of esters is 1. The van der Waals surface area contributed by atoms with Gasteiger partial charge >= 0.3 is 5.97 Å². The van der Waals surface area contributed by atoms with Crippen LogP contribution < -0.4 is 5.32 Å². The number of pyridine rings is 1. The van der Waals surface area contributed by atoms with Crippen molar-refractivity contribution >= 4 is 23.5 Å². The van der Waals surface area contributed by atoms with Crippen molar-refractivity contribution in [1.82, 2.24) is 20.4 Å². The Labute approximate surface area is 172 Å². The zero-order valence-electron chi connectivity index (χ0n) is 15.7. The number of hydrogen-bond donors (Lipinski definition) is 1. The Morgan fingerprint density at radius 3 is 2.76 bits per heavy atom. The zero-order chi connectivity index (χ0) is 20.6. The first-order valence-electron chi connectivity index (χ1n) is 9.00. The standard InChI is InChI=1S/C20H19ClN4O4/c1-13(20-24-18(25-29-20)15-4-2-10-22-12-15)28-17(26)5-3-11-23-19(27)14-6-8-16(21)9-7-14/h2,4,6-10,12-13H,3,5,11H2,1H3,(H,23,27). The van der Waals surface area contributed by atoms with Crippen molar-refractivity contribution in [2.45, 2.75) is 25.9 Å². The van der Waals surface area contributed by atoms with Crippen molar-refractivity contribution < 1.29 is 18.8 Å². The lowest BCUT2D eigenvalue weighted by molar-refractivity contribution is -0.149. The summed E-state index contributed by atoms with van der Waals surface area (Å²) in [5, 5.41) is 7.18. The van der Waals surface area contributed by atoms with Crippen LogP contribution in [0.15, 0.2) is 53.3 Å². The van der Waals surface area contributed by atoms with Crippen molar-refractivity contribution in [3.63, 3.8) is 0 Å². The minimum atomic E-state index is -0.677. The van der Waals surface area contributed by atoms with E-state index in [0.29, 0.717) is 34.9 Å². The molecule has 1 atom stereocenters. The molecule has 0 saturated carbocycles. The minimum Gasteiger partial charge on any atom is -0.453 e. The van der Waals surface area contributed by atoms with E-state index in [1.165, 1.54) is 0 Å². The second-order valence-corrected chi connectivity index (χ2v) is 6.63. The monoisotopic (exact) mass is 414 g/mol. The third-order valence-electron chi connectivity index (χ3n) is 3.97. The fourth-order valence-corrected chi connectivity index (χ4v) is 2.58. The molecule has 0 bridgehead atoms. The van der Waals surface area contributed by atoms with E-state index in [4.69, 9.17) is 20.9 Å². The van der Waals surface area contributed by atoms with E-state index in [0.717, 1.165) is 0 Å². The first kappa shape index (κ1) is 20.5. The molecule has 9 heteroatoms. The molecule has 1 aromatic carbocycles. The predicted octanol–water partition coefficient (Wildman–Crippen LogP) is 3.60. The molecular weight excluding hydrogens is 396 g/mol. The lowest BCUT2D eigenvalue weighted by Crippen LogP contribution is -2.25. The van der Waals surface area contributed by atoms with E-state index >= 15 is 0 Å². The van der Waals surface area contributed by atoms with Gasteiger partial charge in [0, 0.05) is 41.5 Å². The van der Waals surface area contributed by atoms with Gasteiger partial charge in [0.1, 0.15) is 0 Å². The number of ether oxygens (including phenoxy) is 1. The van der Waals surface area contributed by atoms with Crippen LogP contribution in [0.2, 0.25) is 5.02 Å². The number of benzene rings is 1. The Balaban J connectivity index is 1.41. The number of nitrogens with zero attached hydrogens (tertiary/aromatic N) is 3. The molecule has 0 fully saturated rings. The van der Waals surface area contributed by atoms with Crippen LogP contribution in [0.3, 0.4) is 0 Å². The topological polar surface area (TPSA) is 107 Å². The average Bonchev–Trinajstić information content (AvgIpc) is 3.23. The van der Waals surface area contributed by atoms with Gasteiger partial charge in [-0.25, -0.2) is 0 Å². The maximum atomic E-state index is 12.0. The molecular formula is C20H19ClN4O4. The van der Waals surface area contributed by atoms with Crippen LogP contribution in [0.5, 0.6) is 0 Å². The molecule has 1 unspecified atom stereocenters. The highest BCUT2D eigenvalue weighted by Gasteiger charge is 2.19. The molecule has 0 aliphatic heterocycles. The number of amides is 1. The lowest BCUT2D eigenvalue weighted by Gasteiger charge is -2.09. The van der Waals surface area contributed by atoms with Gasteiger partial charge in [-0.2, -0.15) is 4.98 Å². The van der Waals surface area contributed by atoms with Gasteiger partial charge in [0.25, 0.3) is 11.8 Å². The summed E-state index contributed by atoms with van der Waals surface area (Å²) in [7, 11) is 0. The Kier molecular flexibility index (Phi) is 6.91. The molecule has 0 aliphatic carbocycles. The van der Waals surface area contributed by atoms with Crippen molar-refractivity contribution in [2.75, 3.05) is 6.54 Å². The molecule has 3 rings (SSSR count). The summed E-state index contributed by atoms with van der Waals surface area (Å²) < 4.78 is 10.5. The zero-order valence-corrected chi connectivity index (χ0v) is 16.4. The average molecular weight is 415 g/mol. The molecule has 150 valence electrons. The Bertz CT molecular complexity index is 960. The van der Waals surface area contributed by atoms with E-state index in [2.05, 4.69) is 20.4 Å². The van der Waals surface area contributed by atoms with Crippen molar-refractivity contribution in [3.8, 4) is 11.4 Å². The summed E-state index contributed by atoms with van der Waals surface area (Å²) in [6.45, 7) is 2.00. The van der Waals surface area contributed by atoms with E-state index in [1.807, 2.05) is 0 Å². The van der Waals surface area contributed by atoms with Gasteiger partial charge in [-0.15, -0.1) is 0 Å². The van der Waals surface area contributed by atoms with Gasteiger partial charge < -0.3 is 14.6 Å². The summed E-state index contributed by atoms with van der Waals surface area (Å²) in [4.78, 5) is 32.2. The highest BCUT2D eigenvalue weighted by Crippen LogP contribution is 2.20. The molecule has 3 aromatic rings. The van der Waals surface area contributed by atoms with Crippen molar-refractivity contribution in [3.05, 3.63) is 65.3 Å². The van der Waals surface area contributed by atoms with Crippen LogP contribution in [-0.4, -0.2) is 33.5 Å². The summed E-state index contributed by atoms with van der Waals surface area (Å²) >= 11 is 5.80. The molecule has 0 spiro atoms. The summed E-state index contributed by atoms with van der Waals surface area (Å²) in [6, 6.07) is 10.1. The fraction of sp³-hybridized carbons (Fsp3) is 0.250. The molecule has 8 nitrogen and oxygen atoms in total. The number of aromatic nitrogens is 3. The van der Waals surface area contributed by atoms with E-state index in [-0.39, 0.29) is 18.2 Å². The Morgan fingerprint density at radius 2 is 2.03 bits per heavy atom. The molecule has 0 aliphatic rings. The van der Waals surface area contributed by atoms with E-state index in [1.54, 1.807) is 55.7 Å². The molecule has 0 radical (unpaired) electrons. The quantitative estimate of drug-likeness (QED) is 0.443. The smallest absolute Gasteiger partial charge is 0.306 e. The Hall–Kier alpha value is -3.26. The number of carbonyl (C=O) groups is 2. The lowest BCUT2D eigenvalue weighted by atomic mass is 10.2. The summed E-state index contributed by atoms with van der Waals surface area (Å²) in [5.74, 6) is -0.0642. The number of rotatable bonds is 8. The van der Waals surface area contributed by atoms with Gasteiger partial charge in [0.05, 0.1) is 0 Å². The van der Waals surface area contributed by atoms with Crippen molar-refractivity contribution in [2.24, 2.45) is 0 Å². The normalized spacial score (nSPS) is 11.7. The molecule has 2 heterocycles. The summed E-state index contributed by atoms with van der Waals surface area (Å²) in [5.41, 5.74) is 1.21. The van der Waals surface area contributed by atoms with E-state index < -0.39 is 12.1 Å². The van der Waals surface area contributed by atoms with Gasteiger partial charge in [-0.3, -0.25) is 14.6 Å². The minimum absolute atomic E-state index is 0.148. The number of hydrogen-bond acceptors (Lipinski definition) is 7. The van der Waals surface area contributed by atoms with Crippen LogP contribution in [0.1, 0.15) is 42.1 Å².